The fourth-order valence-corrected chi connectivity index (χ4v) is 2.01. The number of ether oxygens (including phenoxy) is 2. The summed E-state index contributed by atoms with van der Waals surface area (Å²) in [6.45, 7) is 2.30. The molecule has 22 heavy (non-hydrogen) atoms. The number of anilines is 1. The molecular formula is C17H20N2O3. The SMILES string of the molecule is COc1cc(C)ccc1OCC(=O)Nc1cccc(CN)c1. The van der Waals surface area contributed by atoms with Crippen LogP contribution in [0.15, 0.2) is 42.5 Å². The van der Waals surface area contributed by atoms with Crippen molar-refractivity contribution in [3.8, 4) is 11.5 Å². The maximum Gasteiger partial charge on any atom is 0.262 e. The number of benzene rings is 2. The van der Waals surface area contributed by atoms with Gasteiger partial charge in [-0.25, -0.2) is 0 Å². The van der Waals surface area contributed by atoms with E-state index in [-0.39, 0.29) is 12.5 Å². The van der Waals surface area contributed by atoms with Crippen LogP contribution in [0.5, 0.6) is 11.5 Å². The second-order valence-electron chi connectivity index (χ2n) is 4.90. The van der Waals surface area contributed by atoms with Crippen LogP contribution in [0.4, 0.5) is 5.69 Å². The average molecular weight is 300 g/mol. The summed E-state index contributed by atoms with van der Waals surface area (Å²) in [6, 6.07) is 13.0. The van der Waals surface area contributed by atoms with Gasteiger partial charge in [-0.15, -0.1) is 0 Å². The highest BCUT2D eigenvalue weighted by Crippen LogP contribution is 2.27. The van der Waals surface area contributed by atoms with Crippen molar-refractivity contribution in [2.24, 2.45) is 5.73 Å². The number of aryl methyl sites for hydroxylation is 1. The van der Waals surface area contributed by atoms with Crippen LogP contribution in [0.1, 0.15) is 11.1 Å². The summed E-state index contributed by atoms with van der Waals surface area (Å²) in [4.78, 5) is 11.9. The first-order valence-corrected chi connectivity index (χ1v) is 6.98. The van der Waals surface area contributed by atoms with Gasteiger partial charge in [-0.1, -0.05) is 18.2 Å². The molecule has 0 aromatic heterocycles. The van der Waals surface area contributed by atoms with Crippen molar-refractivity contribution in [3.05, 3.63) is 53.6 Å². The second kappa shape index (κ2) is 7.47. The van der Waals surface area contributed by atoms with E-state index in [9.17, 15) is 4.79 Å². The molecule has 3 N–H and O–H groups in total. The summed E-state index contributed by atoms with van der Waals surface area (Å²) >= 11 is 0. The summed E-state index contributed by atoms with van der Waals surface area (Å²) in [5.41, 5.74) is 8.30. The Balaban J connectivity index is 1.95. The minimum atomic E-state index is -0.239. The molecule has 0 fully saturated rings. The maximum absolute atomic E-state index is 11.9. The lowest BCUT2D eigenvalue weighted by Gasteiger charge is -2.11. The Kier molecular flexibility index (Phi) is 5.38. The Morgan fingerprint density at radius 3 is 2.73 bits per heavy atom. The molecule has 5 nitrogen and oxygen atoms in total. The van der Waals surface area contributed by atoms with E-state index in [2.05, 4.69) is 5.32 Å². The van der Waals surface area contributed by atoms with Crippen molar-refractivity contribution in [2.75, 3.05) is 19.0 Å². The van der Waals surface area contributed by atoms with Gasteiger partial charge in [0.2, 0.25) is 0 Å². The van der Waals surface area contributed by atoms with Gasteiger partial charge < -0.3 is 20.5 Å². The summed E-state index contributed by atoms with van der Waals surface area (Å²) < 4.78 is 10.7. The molecule has 5 heteroatoms. The first-order chi connectivity index (χ1) is 10.6. The summed E-state index contributed by atoms with van der Waals surface area (Å²) in [6.07, 6.45) is 0. The number of nitrogens with two attached hydrogens (primary N) is 1. The number of rotatable bonds is 6. The lowest BCUT2D eigenvalue weighted by molar-refractivity contribution is -0.118. The standard InChI is InChI=1S/C17H20N2O3/c1-12-6-7-15(16(8-12)21-2)22-11-17(20)19-14-5-3-4-13(9-14)10-18/h3-9H,10-11,18H2,1-2H3,(H,19,20). The lowest BCUT2D eigenvalue weighted by atomic mass is 10.2. The molecule has 0 aliphatic carbocycles. The van der Waals surface area contributed by atoms with E-state index < -0.39 is 0 Å². The van der Waals surface area contributed by atoms with Crippen LogP contribution in [-0.4, -0.2) is 19.6 Å². The van der Waals surface area contributed by atoms with Crippen molar-refractivity contribution in [1.29, 1.82) is 0 Å². The van der Waals surface area contributed by atoms with Gasteiger partial charge >= 0.3 is 0 Å². The van der Waals surface area contributed by atoms with Gasteiger partial charge in [0.1, 0.15) is 0 Å². The van der Waals surface area contributed by atoms with Crippen molar-refractivity contribution in [2.45, 2.75) is 13.5 Å². The van der Waals surface area contributed by atoms with Crippen LogP contribution in [0.25, 0.3) is 0 Å². The first-order valence-electron chi connectivity index (χ1n) is 6.98. The number of hydrogen-bond donors (Lipinski definition) is 2. The maximum atomic E-state index is 11.9. The molecule has 116 valence electrons. The Labute approximate surface area is 130 Å². The van der Waals surface area contributed by atoms with Crippen LogP contribution >= 0.6 is 0 Å². The number of methoxy groups -OCH3 is 1. The van der Waals surface area contributed by atoms with Crippen molar-refractivity contribution < 1.29 is 14.3 Å². The highest BCUT2D eigenvalue weighted by molar-refractivity contribution is 5.91. The normalized spacial score (nSPS) is 10.1. The third-order valence-electron chi connectivity index (χ3n) is 3.12. The molecule has 0 saturated heterocycles. The van der Waals surface area contributed by atoms with Gasteiger partial charge in [-0.3, -0.25) is 4.79 Å². The highest BCUT2D eigenvalue weighted by atomic mass is 16.5. The Morgan fingerprint density at radius 2 is 2.00 bits per heavy atom. The summed E-state index contributed by atoms with van der Waals surface area (Å²) in [5.74, 6) is 0.911. The van der Waals surface area contributed by atoms with Gasteiger partial charge in [0.15, 0.2) is 18.1 Å². The molecule has 0 bridgehead atoms. The molecule has 2 aromatic rings. The van der Waals surface area contributed by atoms with E-state index in [0.29, 0.717) is 23.7 Å². The molecule has 0 aliphatic rings. The molecule has 2 aromatic carbocycles. The Bertz CT molecular complexity index is 656. The smallest absolute Gasteiger partial charge is 0.262 e. The summed E-state index contributed by atoms with van der Waals surface area (Å²) in [5, 5.41) is 2.78. The molecule has 0 heterocycles. The van der Waals surface area contributed by atoms with E-state index in [1.54, 1.807) is 13.2 Å². The highest BCUT2D eigenvalue weighted by Gasteiger charge is 2.08. The third-order valence-corrected chi connectivity index (χ3v) is 3.12. The first kappa shape index (κ1) is 15.9. The fraction of sp³-hybridized carbons (Fsp3) is 0.235. The van der Waals surface area contributed by atoms with Gasteiger partial charge in [-0.05, 0) is 42.3 Å². The van der Waals surface area contributed by atoms with Crippen LogP contribution < -0.4 is 20.5 Å². The number of amides is 1. The predicted molar refractivity (Wildman–Crippen MR) is 86.2 cm³/mol. The minimum absolute atomic E-state index is 0.0910. The van der Waals surface area contributed by atoms with E-state index in [1.807, 2.05) is 43.3 Å². The fourth-order valence-electron chi connectivity index (χ4n) is 2.01. The average Bonchev–Trinajstić information content (AvgIpc) is 2.53. The minimum Gasteiger partial charge on any atom is -0.493 e. The molecule has 0 unspecified atom stereocenters. The quantitative estimate of drug-likeness (QED) is 0.859. The van der Waals surface area contributed by atoms with Gasteiger partial charge in [0.05, 0.1) is 7.11 Å². The Hall–Kier alpha value is -2.53. The van der Waals surface area contributed by atoms with E-state index >= 15 is 0 Å². The molecular weight excluding hydrogens is 280 g/mol. The topological polar surface area (TPSA) is 73.6 Å². The zero-order chi connectivity index (χ0) is 15.9. The van der Waals surface area contributed by atoms with E-state index in [0.717, 1.165) is 11.1 Å². The second-order valence-corrected chi connectivity index (χ2v) is 4.90. The van der Waals surface area contributed by atoms with Gasteiger partial charge in [0.25, 0.3) is 5.91 Å². The van der Waals surface area contributed by atoms with Gasteiger partial charge in [-0.2, -0.15) is 0 Å². The Morgan fingerprint density at radius 1 is 1.18 bits per heavy atom. The molecule has 0 aliphatic heterocycles. The number of carbonyl (C=O) groups is 1. The van der Waals surface area contributed by atoms with Crippen LogP contribution in [0, 0.1) is 6.92 Å². The molecule has 0 saturated carbocycles. The third kappa shape index (κ3) is 4.23. The van der Waals surface area contributed by atoms with E-state index in [4.69, 9.17) is 15.2 Å². The number of hydrogen-bond acceptors (Lipinski definition) is 4. The van der Waals surface area contributed by atoms with Crippen molar-refractivity contribution >= 4 is 11.6 Å². The molecule has 0 radical (unpaired) electrons. The number of nitrogens with one attached hydrogen (secondary N) is 1. The van der Waals surface area contributed by atoms with Crippen LogP contribution in [0.3, 0.4) is 0 Å². The zero-order valence-electron chi connectivity index (χ0n) is 12.8. The molecule has 0 atom stereocenters. The monoisotopic (exact) mass is 300 g/mol. The van der Waals surface area contributed by atoms with Gasteiger partial charge in [0, 0.05) is 12.2 Å². The summed E-state index contributed by atoms with van der Waals surface area (Å²) in [7, 11) is 1.57. The van der Waals surface area contributed by atoms with Crippen LogP contribution in [0.2, 0.25) is 0 Å². The van der Waals surface area contributed by atoms with Crippen molar-refractivity contribution in [1.82, 2.24) is 0 Å². The lowest BCUT2D eigenvalue weighted by Crippen LogP contribution is -2.20. The predicted octanol–water partition coefficient (Wildman–Crippen LogP) is 2.48. The molecule has 1 amide bonds. The molecule has 2 rings (SSSR count). The molecule has 0 spiro atoms. The van der Waals surface area contributed by atoms with Crippen LogP contribution in [-0.2, 0) is 11.3 Å². The largest absolute Gasteiger partial charge is 0.493 e. The van der Waals surface area contributed by atoms with Crippen molar-refractivity contribution in [3.63, 3.8) is 0 Å². The van der Waals surface area contributed by atoms with E-state index in [1.165, 1.54) is 0 Å². The zero-order valence-corrected chi connectivity index (χ0v) is 12.8. The number of carbonyl (C=O) groups excluding carboxylic acids is 1.